The highest BCUT2D eigenvalue weighted by Crippen LogP contribution is 2.16. The summed E-state index contributed by atoms with van der Waals surface area (Å²) in [5.41, 5.74) is 0. The Labute approximate surface area is 452 Å². The van der Waals surface area contributed by atoms with Gasteiger partial charge in [-0.05, 0) is 19.3 Å². The van der Waals surface area contributed by atoms with Gasteiger partial charge < -0.3 is 53.6 Å². The van der Waals surface area contributed by atoms with Crippen LogP contribution >= 0.6 is 0 Å². The van der Waals surface area contributed by atoms with E-state index in [0.717, 1.165) is 38.5 Å². The smallest absolute Gasteiger partial charge is 0.261 e. The van der Waals surface area contributed by atoms with E-state index in [1.807, 2.05) is 0 Å². The summed E-state index contributed by atoms with van der Waals surface area (Å²) in [5, 5.41) is 5.84. The van der Waals surface area contributed by atoms with Gasteiger partial charge in [0.25, 0.3) is 23.6 Å². The summed E-state index contributed by atoms with van der Waals surface area (Å²) >= 11 is 0. The minimum Gasteiger partial charge on any atom is -0.379 e. The third kappa shape index (κ3) is 40.8. The highest BCUT2D eigenvalue weighted by molar-refractivity contribution is 6.03. The third-order valence-electron chi connectivity index (χ3n) is 14.0. The molecule has 74 heavy (non-hydrogen) atoms. The van der Waals surface area contributed by atoms with E-state index in [2.05, 4.69) is 24.5 Å². The van der Waals surface area contributed by atoms with E-state index in [9.17, 15) is 19.2 Å². The normalized spacial score (nSPS) is 16.2. The lowest BCUT2D eigenvalue weighted by atomic mass is 10.0. The van der Waals surface area contributed by atoms with Crippen LogP contribution in [0.5, 0.6) is 0 Å². The summed E-state index contributed by atoms with van der Waals surface area (Å²) in [5.74, 6) is -1.74. The molecule has 1 rings (SSSR count). The van der Waals surface area contributed by atoms with Gasteiger partial charge in [0, 0.05) is 60.1 Å². The number of ether oxygens (including phenoxy) is 7. The Kier molecular flexibility index (Phi) is 50.8. The molecule has 4 amide bonds. The van der Waals surface area contributed by atoms with Crippen molar-refractivity contribution in [3.8, 4) is 0 Å². The number of carbonyl (C=O) groups is 4. The van der Waals surface area contributed by atoms with Crippen molar-refractivity contribution in [1.82, 2.24) is 20.4 Å². The van der Waals surface area contributed by atoms with Gasteiger partial charge in [-0.3, -0.25) is 19.2 Å². The summed E-state index contributed by atoms with van der Waals surface area (Å²) in [6.45, 7) is 9.69. The second-order valence-corrected chi connectivity index (χ2v) is 20.5. The van der Waals surface area contributed by atoms with Gasteiger partial charge in [-0.25, -0.2) is 0 Å². The molecule has 0 aliphatic carbocycles. The molecule has 15 heteroatoms. The number of carbonyl (C=O) groups excluding carboxylic acids is 4. The number of hydrogen-bond acceptors (Lipinski definition) is 11. The molecule has 436 valence electrons. The second-order valence-electron chi connectivity index (χ2n) is 20.5. The molecule has 1 aliphatic rings. The van der Waals surface area contributed by atoms with E-state index < -0.39 is 35.8 Å². The average Bonchev–Trinajstić information content (AvgIpc) is 3.40. The molecule has 0 aromatic carbocycles. The molecule has 2 atom stereocenters. The molecule has 15 nitrogen and oxygen atoms in total. The quantitative estimate of drug-likeness (QED) is 0.0443. The standard InChI is InChI=1S/C59H114N4O11/c1-5-7-9-11-13-15-17-19-21-23-25-27-29-31-33-35-38-60-56(64)54(68-3)58(66)62-40-37-44-70-48-52-74-53-51-73-47-43-63(42-46-72-50-49-71-45-41-62)59(67)55(69-4)57(65)61-39-36-34-32-30-28-26-24-22-20-18-16-14-12-10-8-6-2/h54-55H,5-53H2,1-4H3,(H,60,64)(H,61,65). The maximum Gasteiger partial charge on any atom is 0.261 e. The first kappa shape index (κ1) is 69.6. The highest BCUT2D eigenvalue weighted by Gasteiger charge is 2.32. The van der Waals surface area contributed by atoms with E-state index in [-0.39, 0.29) is 52.7 Å². The number of nitrogens with one attached hydrogen (secondary N) is 2. The van der Waals surface area contributed by atoms with E-state index in [1.54, 1.807) is 4.90 Å². The Morgan fingerprint density at radius 2 is 0.595 bits per heavy atom. The van der Waals surface area contributed by atoms with Gasteiger partial charge in [0.05, 0.1) is 59.5 Å². The highest BCUT2D eigenvalue weighted by atomic mass is 16.5. The number of unbranched alkanes of at least 4 members (excludes halogenated alkanes) is 30. The van der Waals surface area contributed by atoms with Gasteiger partial charge in [-0.1, -0.05) is 206 Å². The topological polar surface area (TPSA) is 163 Å². The van der Waals surface area contributed by atoms with Gasteiger partial charge in [0.2, 0.25) is 12.2 Å². The van der Waals surface area contributed by atoms with E-state index >= 15 is 0 Å². The fraction of sp³-hybridized carbons (Fsp3) is 0.932. The predicted molar refractivity (Wildman–Crippen MR) is 299 cm³/mol. The number of methoxy groups -OCH3 is 2. The summed E-state index contributed by atoms with van der Waals surface area (Å²) < 4.78 is 39.8. The number of rotatable bonds is 40. The third-order valence-corrected chi connectivity index (χ3v) is 14.0. The number of nitrogens with zero attached hydrogens (tertiary/aromatic N) is 2. The lowest BCUT2D eigenvalue weighted by Gasteiger charge is -2.27. The van der Waals surface area contributed by atoms with Crippen LogP contribution in [0.3, 0.4) is 0 Å². The molecule has 0 radical (unpaired) electrons. The van der Waals surface area contributed by atoms with Crippen LogP contribution in [0.15, 0.2) is 0 Å². The molecule has 1 fully saturated rings. The first-order valence-electron chi connectivity index (χ1n) is 30.5. The molecule has 2 N–H and O–H groups in total. The molecule has 2 unspecified atom stereocenters. The number of hydrogen-bond donors (Lipinski definition) is 2. The van der Waals surface area contributed by atoms with Crippen molar-refractivity contribution in [2.24, 2.45) is 0 Å². The molecule has 1 heterocycles. The second kappa shape index (κ2) is 54.0. The van der Waals surface area contributed by atoms with Crippen molar-refractivity contribution in [3.63, 3.8) is 0 Å². The monoisotopic (exact) mass is 1050 g/mol. The Balaban J connectivity index is 2.45. The number of amides is 4. The first-order chi connectivity index (χ1) is 36.4. The van der Waals surface area contributed by atoms with E-state index in [1.165, 1.54) is 186 Å². The van der Waals surface area contributed by atoms with Crippen LogP contribution in [0.1, 0.15) is 226 Å². The van der Waals surface area contributed by atoms with Crippen LogP contribution in [0.25, 0.3) is 0 Å². The van der Waals surface area contributed by atoms with E-state index in [0.29, 0.717) is 59.1 Å². The fourth-order valence-corrected chi connectivity index (χ4v) is 9.34. The molecule has 0 saturated carbocycles. The maximum atomic E-state index is 13.7. The minimum absolute atomic E-state index is 0.212. The van der Waals surface area contributed by atoms with Crippen LogP contribution < -0.4 is 10.6 Å². The van der Waals surface area contributed by atoms with Gasteiger partial charge in [-0.15, -0.1) is 0 Å². The Hall–Kier alpha value is -2.40. The van der Waals surface area contributed by atoms with Crippen LogP contribution in [0.2, 0.25) is 0 Å². The molecule has 1 saturated heterocycles. The van der Waals surface area contributed by atoms with Crippen molar-refractivity contribution in [3.05, 3.63) is 0 Å². The van der Waals surface area contributed by atoms with Gasteiger partial charge in [0.15, 0.2) is 0 Å². The van der Waals surface area contributed by atoms with Crippen molar-refractivity contribution in [2.45, 2.75) is 238 Å². The van der Waals surface area contributed by atoms with Gasteiger partial charge >= 0.3 is 0 Å². The molecule has 0 bridgehead atoms. The molecular weight excluding hydrogens is 941 g/mol. The zero-order valence-corrected chi connectivity index (χ0v) is 48.2. The molecule has 0 spiro atoms. The Morgan fingerprint density at radius 1 is 0.351 bits per heavy atom. The van der Waals surface area contributed by atoms with Crippen molar-refractivity contribution in [1.29, 1.82) is 0 Å². The first-order valence-corrected chi connectivity index (χ1v) is 30.5. The fourth-order valence-electron chi connectivity index (χ4n) is 9.34. The van der Waals surface area contributed by atoms with Gasteiger partial charge in [0.1, 0.15) is 0 Å². The summed E-state index contributed by atoms with van der Waals surface area (Å²) in [7, 11) is 2.76. The maximum absolute atomic E-state index is 13.7. The Bertz CT molecular complexity index is 1190. The lowest BCUT2D eigenvalue weighted by molar-refractivity contribution is -0.152. The van der Waals surface area contributed by atoms with Crippen molar-refractivity contribution < 1.29 is 52.3 Å². The minimum atomic E-state index is -1.28. The van der Waals surface area contributed by atoms with Crippen molar-refractivity contribution in [2.75, 3.05) is 120 Å². The van der Waals surface area contributed by atoms with Crippen LogP contribution in [-0.4, -0.2) is 165 Å². The lowest BCUT2D eigenvalue weighted by Crippen LogP contribution is -2.50. The summed E-state index contributed by atoms with van der Waals surface area (Å²) in [6.07, 6.45) is 39.1. The molecule has 0 aromatic rings. The largest absolute Gasteiger partial charge is 0.379 e. The zero-order chi connectivity index (χ0) is 53.6. The van der Waals surface area contributed by atoms with E-state index in [4.69, 9.17) is 33.2 Å². The summed E-state index contributed by atoms with van der Waals surface area (Å²) in [6, 6.07) is 0. The Morgan fingerprint density at radius 3 is 0.878 bits per heavy atom. The van der Waals surface area contributed by atoms with Crippen molar-refractivity contribution >= 4 is 23.6 Å². The van der Waals surface area contributed by atoms with Crippen LogP contribution in [0, 0.1) is 0 Å². The molecule has 1 aliphatic heterocycles. The van der Waals surface area contributed by atoms with Crippen LogP contribution in [-0.2, 0) is 52.3 Å². The SMILES string of the molecule is CCCCCCCCCCCCCCCCCCNC(=O)C(OC)C(=O)N1CCCOCCOCCOCCN(C(=O)C(OC)C(=O)NCCCCCCCCCCCCCCCCCC)CCOCCOCC1. The predicted octanol–water partition coefficient (Wildman–Crippen LogP) is 10.9. The average molecular weight is 1060 g/mol. The zero-order valence-electron chi connectivity index (χ0n) is 48.2. The van der Waals surface area contributed by atoms with Gasteiger partial charge in [-0.2, -0.15) is 0 Å². The summed E-state index contributed by atoms with van der Waals surface area (Å²) in [4.78, 5) is 56.9. The molecule has 0 aromatic heterocycles. The van der Waals surface area contributed by atoms with Crippen LogP contribution in [0.4, 0.5) is 0 Å². The molecular formula is C59H114N4O11.